The molecule has 2 amide bonds. The van der Waals surface area contributed by atoms with Crippen LogP contribution in [0.5, 0.6) is 0 Å². The Morgan fingerprint density at radius 2 is 1.89 bits per heavy atom. The van der Waals surface area contributed by atoms with Gasteiger partial charge in [-0.25, -0.2) is 0 Å². The number of carbonyl (C=O) groups is 2. The van der Waals surface area contributed by atoms with Crippen molar-refractivity contribution in [2.45, 2.75) is 71.6 Å². The lowest BCUT2D eigenvalue weighted by molar-refractivity contribution is -0.122. The molecule has 0 aromatic carbocycles. The predicted octanol–water partition coefficient (Wildman–Crippen LogP) is 1.38. The van der Waals surface area contributed by atoms with E-state index in [0.29, 0.717) is 35.4 Å². The number of hydrogen-bond acceptors (Lipinski definition) is 4. The smallest absolute Gasteiger partial charge is 0.255 e. The number of carbonyl (C=O) groups excluding carboxylic acids is 2. The van der Waals surface area contributed by atoms with Crippen molar-refractivity contribution in [3.8, 4) is 0 Å². The van der Waals surface area contributed by atoms with Gasteiger partial charge in [0.2, 0.25) is 5.91 Å². The van der Waals surface area contributed by atoms with Gasteiger partial charge in [0.15, 0.2) is 0 Å². The van der Waals surface area contributed by atoms with Gasteiger partial charge in [-0.2, -0.15) is 0 Å². The fourth-order valence-corrected chi connectivity index (χ4v) is 4.24. The van der Waals surface area contributed by atoms with E-state index >= 15 is 0 Å². The van der Waals surface area contributed by atoms with Gasteiger partial charge in [-0.05, 0) is 52.5 Å². The summed E-state index contributed by atoms with van der Waals surface area (Å²) in [6.07, 6.45) is 3.23. The van der Waals surface area contributed by atoms with Crippen molar-refractivity contribution >= 4 is 24.2 Å². The van der Waals surface area contributed by atoms with E-state index in [9.17, 15) is 14.4 Å². The normalized spacial score (nSPS) is 21.2. The van der Waals surface area contributed by atoms with Gasteiger partial charge in [-0.15, -0.1) is 12.4 Å². The summed E-state index contributed by atoms with van der Waals surface area (Å²) < 4.78 is 1.40. The van der Waals surface area contributed by atoms with E-state index in [1.807, 2.05) is 18.7 Å². The van der Waals surface area contributed by atoms with Gasteiger partial charge in [0, 0.05) is 43.0 Å². The molecule has 28 heavy (non-hydrogen) atoms. The van der Waals surface area contributed by atoms with Crippen molar-refractivity contribution in [3.05, 3.63) is 33.2 Å². The molecule has 156 valence electrons. The molecule has 3 rings (SSSR count). The number of aromatic nitrogens is 1. The lowest BCUT2D eigenvalue weighted by Gasteiger charge is -2.26. The van der Waals surface area contributed by atoms with Crippen LogP contribution in [-0.2, 0) is 11.3 Å². The molecule has 1 aromatic heterocycles. The molecule has 2 aliphatic rings. The van der Waals surface area contributed by atoms with Gasteiger partial charge in [0.05, 0.1) is 5.56 Å². The molecule has 0 radical (unpaired) electrons. The molecule has 2 aliphatic heterocycles. The molecule has 8 heteroatoms. The number of pyridine rings is 1. The highest BCUT2D eigenvalue weighted by Gasteiger charge is 2.32. The zero-order valence-electron chi connectivity index (χ0n) is 17.1. The number of hydrogen-bond donors (Lipinski definition) is 2. The number of rotatable bonds is 4. The largest absolute Gasteiger partial charge is 0.352 e. The van der Waals surface area contributed by atoms with E-state index < -0.39 is 0 Å². The maximum absolute atomic E-state index is 13.3. The zero-order chi connectivity index (χ0) is 19.7. The number of nitrogens with zero attached hydrogens (tertiary/aromatic N) is 2. The fraction of sp³-hybridized carbons (Fsp3) is 0.650. The van der Waals surface area contributed by atoms with Gasteiger partial charge < -0.3 is 20.1 Å². The Morgan fingerprint density at radius 1 is 1.21 bits per heavy atom. The first kappa shape index (κ1) is 22.4. The molecule has 2 saturated heterocycles. The standard InChI is InChI=1S/C20H30N4O3.ClH/c1-12(2)21-17(25)11-24-14(4)19(13(3)9-18(24)26)20(27)23-8-7-15-5-6-16(10-23)22-15;/h9,12,15-16,22H,5-8,10-11H2,1-4H3,(H,21,25);1H. The maximum atomic E-state index is 13.3. The second-order valence-corrected chi connectivity index (χ2v) is 8.11. The van der Waals surface area contributed by atoms with E-state index in [0.717, 1.165) is 19.4 Å². The lowest BCUT2D eigenvalue weighted by atomic mass is 10.0. The van der Waals surface area contributed by atoms with E-state index in [1.165, 1.54) is 17.1 Å². The van der Waals surface area contributed by atoms with Crippen molar-refractivity contribution in [2.75, 3.05) is 13.1 Å². The first-order valence-corrected chi connectivity index (χ1v) is 9.82. The van der Waals surface area contributed by atoms with E-state index in [2.05, 4.69) is 10.6 Å². The van der Waals surface area contributed by atoms with Gasteiger partial charge >= 0.3 is 0 Å². The Labute approximate surface area is 172 Å². The molecule has 1 aromatic rings. The average molecular weight is 411 g/mol. The molecule has 2 N–H and O–H groups in total. The third-order valence-electron chi connectivity index (χ3n) is 5.54. The summed E-state index contributed by atoms with van der Waals surface area (Å²) in [6.45, 7) is 8.64. The maximum Gasteiger partial charge on any atom is 0.255 e. The third-order valence-corrected chi connectivity index (χ3v) is 5.54. The van der Waals surface area contributed by atoms with Crippen LogP contribution in [0.25, 0.3) is 0 Å². The van der Waals surface area contributed by atoms with Crippen LogP contribution in [0.1, 0.15) is 54.7 Å². The van der Waals surface area contributed by atoms with Crippen LogP contribution in [0.2, 0.25) is 0 Å². The van der Waals surface area contributed by atoms with Crippen LogP contribution < -0.4 is 16.2 Å². The average Bonchev–Trinajstić information content (AvgIpc) is 2.89. The fourth-order valence-electron chi connectivity index (χ4n) is 4.24. The van der Waals surface area contributed by atoms with Crippen LogP contribution >= 0.6 is 12.4 Å². The van der Waals surface area contributed by atoms with Crippen LogP contribution in [-0.4, -0.2) is 52.5 Å². The number of likely N-dealkylation sites (tertiary alicyclic amines) is 1. The Kier molecular flexibility index (Phi) is 7.28. The summed E-state index contributed by atoms with van der Waals surface area (Å²) in [5, 5.41) is 6.38. The van der Waals surface area contributed by atoms with E-state index in [4.69, 9.17) is 0 Å². The van der Waals surface area contributed by atoms with Gasteiger partial charge in [-0.3, -0.25) is 14.4 Å². The Hall–Kier alpha value is -1.86. The van der Waals surface area contributed by atoms with Crippen LogP contribution in [0, 0.1) is 13.8 Å². The van der Waals surface area contributed by atoms with Crippen LogP contribution in [0.4, 0.5) is 0 Å². The number of aryl methyl sites for hydroxylation is 1. The molecule has 7 nitrogen and oxygen atoms in total. The number of nitrogens with one attached hydrogen (secondary N) is 2. The molecule has 0 spiro atoms. The minimum Gasteiger partial charge on any atom is -0.352 e. The Bertz CT molecular complexity index is 805. The van der Waals surface area contributed by atoms with E-state index in [-0.39, 0.29) is 42.4 Å². The molecule has 2 fully saturated rings. The lowest BCUT2D eigenvalue weighted by Crippen LogP contribution is -2.41. The minimum absolute atomic E-state index is 0. The molecular formula is C20H31ClN4O3. The second kappa shape index (κ2) is 9.09. The van der Waals surface area contributed by atoms with Gasteiger partial charge in [0.25, 0.3) is 11.5 Å². The monoisotopic (exact) mass is 410 g/mol. The molecule has 3 heterocycles. The number of amides is 2. The highest BCUT2D eigenvalue weighted by atomic mass is 35.5. The quantitative estimate of drug-likeness (QED) is 0.785. The first-order chi connectivity index (χ1) is 12.8. The summed E-state index contributed by atoms with van der Waals surface area (Å²) in [4.78, 5) is 39.8. The topological polar surface area (TPSA) is 83.4 Å². The SMILES string of the molecule is Cc1cc(=O)n(CC(=O)NC(C)C)c(C)c1C(=O)N1CCC2CCC(C1)N2.Cl. The Morgan fingerprint density at radius 3 is 2.57 bits per heavy atom. The van der Waals surface area contributed by atoms with Crippen molar-refractivity contribution in [1.29, 1.82) is 0 Å². The molecule has 2 atom stereocenters. The highest BCUT2D eigenvalue weighted by molar-refractivity contribution is 5.96. The van der Waals surface area contributed by atoms with Crippen LogP contribution in [0.3, 0.4) is 0 Å². The zero-order valence-corrected chi connectivity index (χ0v) is 17.9. The summed E-state index contributed by atoms with van der Waals surface area (Å²) >= 11 is 0. The molecular weight excluding hydrogens is 380 g/mol. The second-order valence-electron chi connectivity index (χ2n) is 8.11. The third kappa shape index (κ3) is 4.75. The van der Waals surface area contributed by atoms with Crippen molar-refractivity contribution in [2.24, 2.45) is 0 Å². The summed E-state index contributed by atoms with van der Waals surface area (Å²) in [6, 6.07) is 2.32. The van der Waals surface area contributed by atoms with Crippen molar-refractivity contribution in [3.63, 3.8) is 0 Å². The number of fused-ring (bicyclic) bond motifs is 2. The molecule has 0 saturated carbocycles. The Balaban J connectivity index is 0.00000280. The van der Waals surface area contributed by atoms with Gasteiger partial charge in [-0.1, -0.05) is 0 Å². The molecule has 2 bridgehead atoms. The summed E-state index contributed by atoms with van der Waals surface area (Å²) in [5.41, 5.74) is 1.53. The predicted molar refractivity (Wildman–Crippen MR) is 111 cm³/mol. The van der Waals surface area contributed by atoms with Crippen molar-refractivity contribution < 1.29 is 9.59 Å². The first-order valence-electron chi connectivity index (χ1n) is 9.82. The number of halogens is 1. The molecule has 2 unspecified atom stereocenters. The minimum atomic E-state index is -0.253. The van der Waals surface area contributed by atoms with Crippen molar-refractivity contribution in [1.82, 2.24) is 20.1 Å². The van der Waals surface area contributed by atoms with E-state index in [1.54, 1.807) is 13.8 Å². The summed E-state index contributed by atoms with van der Waals surface area (Å²) in [7, 11) is 0. The molecule has 0 aliphatic carbocycles. The highest BCUT2D eigenvalue weighted by Crippen LogP contribution is 2.23. The van der Waals surface area contributed by atoms with Crippen LogP contribution in [0.15, 0.2) is 10.9 Å². The van der Waals surface area contributed by atoms with Gasteiger partial charge in [0.1, 0.15) is 6.54 Å². The summed E-state index contributed by atoms with van der Waals surface area (Å²) in [5.74, 6) is -0.272.